The number of carbonyl (C=O) groups is 1. The molecule has 1 amide bonds. The van der Waals surface area contributed by atoms with Crippen LogP contribution in [0.25, 0.3) is 0 Å². The maximum absolute atomic E-state index is 11.3. The summed E-state index contributed by atoms with van der Waals surface area (Å²) in [7, 11) is 0. The lowest BCUT2D eigenvalue weighted by molar-refractivity contribution is -0.113. The molecule has 0 spiro atoms. The van der Waals surface area contributed by atoms with Gasteiger partial charge in [-0.3, -0.25) is 4.79 Å². The van der Waals surface area contributed by atoms with E-state index in [1.807, 2.05) is 32.0 Å². The fourth-order valence-corrected chi connectivity index (χ4v) is 2.51. The summed E-state index contributed by atoms with van der Waals surface area (Å²) in [6.45, 7) is 4.85. The second kappa shape index (κ2) is 5.20. The summed E-state index contributed by atoms with van der Waals surface area (Å²) in [5.74, 6) is 0.564. The van der Waals surface area contributed by atoms with E-state index in [0.717, 1.165) is 29.2 Å². The summed E-state index contributed by atoms with van der Waals surface area (Å²) in [6, 6.07) is 6.05. The number of hydrogen-bond acceptors (Lipinski definition) is 4. The van der Waals surface area contributed by atoms with Crippen LogP contribution in [-0.2, 0) is 4.79 Å². The third-order valence-electron chi connectivity index (χ3n) is 2.71. The van der Waals surface area contributed by atoms with Crippen molar-refractivity contribution in [2.24, 2.45) is 5.73 Å². The van der Waals surface area contributed by atoms with Crippen molar-refractivity contribution in [1.29, 1.82) is 0 Å². The van der Waals surface area contributed by atoms with E-state index >= 15 is 0 Å². The van der Waals surface area contributed by atoms with Gasteiger partial charge in [0.25, 0.3) is 0 Å². The lowest BCUT2D eigenvalue weighted by Crippen LogP contribution is -2.34. The van der Waals surface area contributed by atoms with Gasteiger partial charge in [-0.25, -0.2) is 0 Å². The molecule has 0 fully saturated rings. The van der Waals surface area contributed by atoms with E-state index in [4.69, 9.17) is 5.73 Å². The lowest BCUT2D eigenvalue weighted by atomic mass is 10.0. The Kier molecular flexibility index (Phi) is 3.82. The number of fused-ring (bicyclic) bond motifs is 1. The van der Waals surface area contributed by atoms with Crippen molar-refractivity contribution in [3.63, 3.8) is 0 Å². The molecule has 0 aromatic heterocycles. The molecular formula is C13H19N3OS. The summed E-state index contributed by atoms with van der Waals surface area (Å²) < 4.78 is 0. The molecule has 1 aliphatic rings. The maximum Gasteiger partial charge on any atom is 0.234 e. The number of rotatable bonds is 4. The highest BCUT2D eigenvalue weighted by atomic mass is 32.2. The van der Waals surface area contributed by atoms with Crippen LogP contribution in [0.1, 0.15) is 20.3 Å². The highest BCUT2D eigenvalue weighted by molar-refractivity contribution is 8.00. The van der Waals surface area contributed by atoms with Crippen molar-refractivity contribution in [3.05, 3.63) is 18.2 Å². The molecule has 0 saturated heterocycles. The van der Waals surface area contributed by atoms with Gasteiger partial charge in [0, 0.05) is 22.7 Å². The molecule has 98 valence electrons. The Morgan fingerprint density at radius 2 is 2.28 bits per heavy atom. The van der Waals surface area contributed by atoms with E-state index in [1.54, 1.807) is 11.8 Å². The second-order valence-electron chi connectivity index (χ2n) is 5.21. The SMILES string of the molecule is CC(C)(N)CCNc1ccc2c(c1)NC(=O)CS2. The first-order valence-electron chi connectivity index (χ1n) is 6.03. The standard InChI is InChI=1S/C13H19N3OS/c1-13(2,14)5-6-15-9-3-4-11-10(7-9)16-12(17)8-18-11/h3-4,7,15H,5-6,8,14H2,1-2H3,(H,16,17). The quantitative estimate of drug-likeness (QED) is 0.781. The van der Waals surface area contributed by atoms with Crippen LogP contribution >= 0.6 is 11.8 Å². The summed E-state index contributed by atoms with van der Waals surface area (Å²) in [6.07, 6.45) is 0.894. The van der Waals surface area contributed by atoms with Crippen LogP contribution in [-0.4, -0.2) is 23.7 Å². The minimum atomic E-state index is -0.161. The smallest absolute Gasteiger partial charge is 0.234 e. The highest BCUT2D eigenvalue weighted by Gasteiger charge is 2.15. The topological polar surface area (TPSA) is 67.2 Å². The molecule has 0 radical (unpaired) electrons. The van der Waals surface area contributed by atoms with E-state index in [0.29, 0.717) is 5.75 Å². The molecule has 1 aromatic carbocycles. The average molecular weight is 265 g/mol. The van der Waals surface area contributed by atoms with Crippen LogP contribution in [0, 0.1) is 0 Å². The van der Waals surface area contributed by atoms with Gasteiger partial charge in [0.15, 0.2) is 0 Å². The lowest BCUT2D eigenvalue weighted by Gasteiger charge is -2.20. The molecule has 1 aliphatic heterocycles. The number of thioether (sulfide) groups is 1. The van der Waals surface area contributed by atoms with Gasteiger partial charge in [-0.15, -0.1) is 11.8 Å². The Morgan fingerprint density at radius 3 is 3.00 bits per heavy atom. The van der Waals surface area contributed by atoms with E-state index in [9.17, 15) is 4.79 Å². The average Bonchev–Trinajstić information content (AvgIpc) is 2.26. The van der Waals surface area contributed by atoms with Crippen molar-refractivity contribution in [2.75, 3.05) is 22.9 Å². The van der Waals surface area contributed by atoms with Gasteiger partial charge in [-0.2, -0.15) is 0 Å². The summed E-state index contributed by atoms with van der Waals surface area (Å²) in [4.78, 5) is 12.4. The minimum absolute atomic E-state index is 0.0627. The molecule has 0 atom stereocenters. The van der Waals surface area contributed by atoms with Crippen molar-refractivity contribution in [1.82, 2.24) is 0 Å². The van der Waals surface area contributed by atoms with E-state index in [2.05, 4.69) is 10.6 Å². The van der Waals surface area contributed by atoms with Crippen LogP contribution in [0.4, 0.5) is 11.4 Å². The number of nitrogens with two attached hydrogens (primary N) is 1. The van der Waals surface area contributed by atoms with Crippen molar-refractivity contribution >= 4 is 29.0 Å². The molecule has 4 nitrogen and oxygen atoms in total. The fraction of sp³-hybridized carbons (Fsp3) is 0.462. The van der Waals surface area contributed by atoms with Crippen LogP contribution in [0.5, 0.6) is 0 Å². The van der Waals surface area contributed by atoms with Crippen LogP contribution in [0.2, 0.25) is 0 Å². The van der Waals surface area contributed by atoms with Crippen molar-refractivity contribution in [2.45, 2.75) is 30.7 Å². The molecule has 0 aliphatic carbocycles. The second-order valence-corrected chi connectivity index (χ2v) is 6.23. The Hall–Kier alpha value is -1.20. The van der Waals surface area contributed by atoms with Crippen molar-refractivity contribution in [3.8, 4) is 0 Å². The molecule has 18 heavy (non-hydrogen) atoms. The third-order valence-corrected chi connectivity index (χ3v) is 3.78. The number of hydrogen-bond donors (Lipinski definition) is 3. The molecule has 1 heterocycles. The van der Waals surface area contributed by atoms with E-state index in [-0.39, 0.29) is 11.4 Å². The largest absolute Gasteiger partial charge is 0.385 e. The summed E-state index contributed by atoms with van der Waals surface area (Å²) in [5, 5.41) is 6.21. The van der Waals surface area contributed by atoms with E-state index < -0.39 is 0 Å². The predicted octanol–water partition coefficient (Wildman–Crippen LogP) is 2.27. The molecule has 5 heteroatoms. The zero-order valence-electron chi connectivity index (χ0n) is 10.7. The molecule has 0 bridgehead atoms. The zero-order chi connectivity index (χ0) is 13.2. The zero-order valence-corrected chi connectivity index (χ0v) is 11.6. The van der Waals surface area contributed by atoms with E-state index in [1.165, 1.54) is 0 Å². The number of carbonyl (C=O) groups excluding carboxylic acids is 1. The number of benzene rings is 1. The molecule has 2 rings (SSSR count). The fourth-order valence-electron chi connectivity index (χ4n) is 1.72. The first-order chi connectivity index (χ1) is 8.44. The number of amides is 1. The molecule has 1 aromatic rings. The normalized spacial score (nSPS) is 14.9. The molecular weight excluding hydrogens is 246 g/mol. The van der Waals surface area contributed by atoms with Crippen molar-refractivity contribution < 1.29 is 4.79 Å². The van der Waals surface area contributed by atoms with Gasteiger partial charge in [-0.05, 0) is 38.5 Å². The van der Waals surface area contributed by atoms with Gasteiger partial charge in [0.1, 0.15) is 0 Å². The summed E-state index contributed by atoms with van der Waals surface area (Å²) >= 11 is 1.57. The minimum Gasteiger partial charge on any atom is -0.385 e. The Morgan fingerprint density at radius 1 is 1.50 bits per heavy atom. The van der Waals surface area contributed by atoms with Crippen LogP contribution in [0.15, 0.2) is 23.1 Å². The van der Waals surface area contributed by atoms with Crippen LogP contribution < -0.4 is 16.4 Å². The molecule has 4 N–H and O–H groups in total. The predicted molar refractivity (Wildman–Crippen MR) is 77.2 cm³/mol. The maximum atomic E-state index is 11.3. The monoisotopic (exact) mass is 265 g/mol. The Labute approximate surface area is 112 Å². The summed E-state index contributed by atoms with van der Waals surface area (Å²) in [5.41, 5.74) is 7.68. The van der Waals surface area contributed by atoms with Gasteiger partial charge in [-0.1, -0.05) is 0 Å². The van der Waals surface area contributed by atoms with Crippen LogP contribution in [0.3, 0.4) is 0 Å². The first kappa shape index (κ1) is 13.2. The van der Waals surface area contributed by atoms with Gasteiger partial charge < -0.3 is 16.4 Å². The number of anilines is 2. The number of nitrogens with one attached hydrogen (secondary N) is 2. The molecule has 0 saturated carbocycles. The first-order valence-corrected chi connectivity index (χ1v) is 7.02. The van der Waals surface area contributed by atoms with Gasteiger partial charge in [0.05, 0.1) is 11.4 Å². The Balaban J connectivity index is 1.98. The third kappa shape index (κ3) is 3.65. The van der Waals surface area contributed by atoms with Gasteiger partial charge in [0.2, 0.25) is 5.91 Å². The highest BCUT2D eigenvalue weighted by Crippen LogP contribution is 2.33. The van der Waals surface area contributed by atoms with Gasteiger partial charge >= 0.3 is 0 Å². The Bertz CT molecular complexity index is 454. The molecule has 0 unspecified atom stereocenters.